The van der Waals surface area contributed by atoms with Gasteiger partial charge >= 0.3 is 0 Å². The first-order chi connectivity index (χ1) is 11.6. The van der Waals surface area contributed by atoms with Gasteiger partial charge in [0.05, 0.1) is 15.9 Å². The van der Waals surface area contributed by atoms with Gasteiger partial charge in [0, 0.05) is 10.8 Å². The largest absolute Gasteiger partial charge is 0.268 e. The van der Waals surface area contributed by atoms with Gasteiger partial charge in [0.25, 0.3) is 10.0 Å². The van der Waals surface area contributed by atoms with Crippen LogP contribution >= 0.6 is 0 Å². The fourth-order valence-corrected chi connectivity index (χ4v) is 4.71. The fraction of sp³-hybridized carbons (Fsp3) is 0.100. The van der Waals surface area contributed by atoms with E-state index in [1.807, 2.05) is 42.5 Å². The van der Waals surface area contributed by atoms with Crippen molar-refractivity contribution in [1.82, 2.24) is 3.97 Å². The molecule has 1 aromatic heterocycles. The summed E-state index contributed by atoms with van der Waals surface area (Å²) in [6, 6.07) is 22.2. The van der Waals surface area contributed by atoms with Crippen LogP contribution in [0.1, 0.15) is 12.5 Å². The Morgan fingerprint density at radius 3 is 2.21 bits per heavy atom. The first-order valence-electron chi connectivity index (χ1n) is 7.95. The molecule has 0 atom stereocenters. The number of fused-ring (bicyclic) bond motifs is 3. The summed E-state index contributed by atoms with van der Waals surface area (Å²) < 4.78 is 27.9. The Morgan fingerprint density at radius 1 is 0.792 bits per heavy atom. The summed E-state index contributed by atoms with van der Waals surface area (Å²) in [7, 11) is -3.65. The zero-order valence-electron chi connectivity index (χ0n) is 13.3. The number of hydrogen-bond acceptors (Lipinski definition) is 2. The predicted octanol–water partition coefficient (Wildman–Crippen LogP) is 4.59. The van der Waals surface area contributed by atoms with Crippen molar-refractivity contribution in [1.29, 1.82) is 0 Å². The van der Waals surface area contributed by atoms with Crippen molar-refractivity contribution in [3.05, 3.63) is 78.4 Å². The third kappa shape index (κ3) is 2.14. The molecule has 4 heteroatoms. The number of aromatic nitrogens is 1. The monoisotopic (exact) mass is 335 g/mol. The Balaban J connectivity index is 2.15. The van der Waals surface area contributed by atoms with E-state index in [9.17, 15) is 8.42 Å². The van der Waals surface area contributed by atoms with Gasteiger partial charge in [0.15, 0.2) is 0 Å². The van der Waals surface area contributed by atoms with Crippen molar-refractivity contribution in [3.8, 4) is 0 Å². The van der Waals surface area contributed by atoms with Gasteiger partial charge in [-0.25, -0.2) is 12.4 Å². The molecule has 120 valence electrons. The molecule has 0 N–H and O–H groups in total. The van der Waals surface area contributed by atoms with Crippen LogP contribution < -0.4 is 0 Å². The fourth-order valence-electron chi connectivity index (χ4n) is 3.16. The minimum absolute atomic E-state index is 0.298. The minimum Gasteiger partial charge on any atom is -0.233 e. The molecule has 0 aliphatic carbocycles. The quantitative estimate of drug-likeness (QED) is 0.549. The average molecular weight is 335 g/mol. The van der Waals surface area contributed by atoms with Crippen LogP contribution in [-0.2, 0) is 16.4 Å². The number of hydrogen-bond donors (Lipinski definition) is 0. The number of benzene rings is 3. The lowest BCUT2D eigenvalue weighted by Gasteiger charge is -2.09. The summed E-state index contributed by atoms with van der Waals surface area (Å²) in [5.41, 5.74) is 2.63. The molecule has 0 radical (unpaired) electrons. The highest BCUT2D eigenvalue weighted by Crippen LogP contribution is 2.33. The Labute approximate surface area is 141 Å². The highest BCUT2D eigenvalue weighted by atomic mass is 32.2. The van der Waals surface area contributed by atoms with Crippen LogP contribution in [0.25, 0.3) is 21.8 Å². The predicted molar refractivity (Wildman–Crippen MR) is 97.8 cm³/mol. The van der Waals surface area contributed by atoms with E-state index in [-0.39, 0.29) is 0 Å². The number of rotatable bonds is 3. The second kappa shape index (κ2) is 5.49. The summed E-state index contributed by atoms with van der Waals surface area (Å²) in [5, 5.41) is 1.94. The molecular weight excluding hydrogens is 318 g/mol. The van der Waals surface area contributed by atoms with Crippen LogP contribution in [-0.4, -0.2) is 12.4 Å². The smallest absolute Gasteiger partial charge is 0.233 e. The summed E-state index contributed by atoms with van der Waals surface area (Å²) in [5.74, 6) is 0. The zero-order valence-corrected chi connectivity index (χ0v) is 14.1. The van der Waals surface area contributed by atoms with Crippen LogP contribution in [0, 0.1) is 0 Å². The van der Waals surface area contributed by atoms with Gasteiger partial charge in [0.1, 0.15) is 0 Å². The summed E-state index contributed by atoms with van der Waals surface area (Å²) >= 11 is 0. The van der Waals surface area contributed by atoms with E-state index in [0.717, 1.165) is 22.7 Å². The molecule has 0 aliphatic heterocycles. The molecule has 0 bridgehead atoms. The van der Waals surface area contributed by atoms with Gasteiger partial charge in [-0.15, -0.1) is 0 Å². The summed E-state index contributed by atoms with van der Waals surface area (Å²) in [6.07, 6.45) is 0.918. The lowest BCUT2D eigenvalue weighted by Crippen LogP contribution is -2.12. The summed E-state index contributed by atoms with van der Waals surface area (Å²) in [6.45, 7) is 2.10. The van der Waals surface area contributed by atoms with Crippen molar-refractivity contribution in [3.63, 3.8) is 0 Å². The maximum Gasteiger partial charge on any atom is 0.268 e. The van der Waals surface area contributed by atoms with E-state index in [0.29, 0.717) is 10.4 Å². The van der Waals surface area contributed by atoms with Crippen molar-refractivity contribution >= 4 is 31.8 Å². The number of para-hydroxylation sites is 1. The van der Waals surface area contributed by atoms with E-state index < -0.39 is 10.0 Å². The molecule has 0 saturated carbocycles. The second-order valence-electron chi connectivity index (χ2n) is 5.80. The molecule has 4 rings (SSSR count). The van der Waals surface area contributed by atoms with Gasteiger partial charge in [-0.1, -0.05) is 49.4 Å². The molecule has 24 heavy (non-hydrogen) atoms. The third-order valence-electron chi connectivity index (χ3n) is 4.38. The van der Waals surface area contributed by atoms with Crippen LogP contribution in [0.2, 0.25) is 0 Å². The van der Waals surface area contributed by atoms with Crippen molar-refractivity contribution in [2.24, 2.45) is 0 Å². The van der Waals surface area contributed by atoms with Crippen LogP contribution in [0.15, 0.2) is 77.7 Å². The van der Waals surface area contributed by atoms with Gasteiger partial charge in [-0.05, 0) is 42.3 Å². The van der Waals surface area contributed by atoms with E-state index >= 15 is 0 Å². The molecule has 0 unspecified atom stereocenters. The van der Waals surface area contributed by atoms with Crippen LogP contribution in [0.3, 0.4) is 0 Å². The van der Waals surface area contributed by atoms with Crippen molar-refractivity contribution in [2.45, 2.75) is 18.2 Å². The molecule has 4 aromatic rings. The lowest BCUT2D eigenvalue weighted by molar-refractivity contribution is 0.590. The van der Waals surface area contributed by atoms with Gasteiger partial charge in [-0.3, -0.25) is 0 Å². The Morgan fingerprint density at radius 2 is 1.46 bits per heavy atom. The van der Waals surface area contributed by atoms with Crippen LogP contribution in [0.5, 0.6) is 0 Å². The Hall–Kier alpha value is -2.59. The van der Waals surface area contributed by atoms with Crippen molar-refractivity contribution in [2.75, 3.05) is 0 Å². The van der Waals surface area contributed by atoms with E-state index in [2.05, 4.69) is 13.0 Å². The molecule has 0 amide bonds. The molecule has 1 heterocycles. The van der Waals surface area contributed by atoms with Gasteiger partial charge in [-0.2, -0.15) is 0 Å². The SMILES string of the molecule is CCc1ccc2c(c1)c1ccccc1n2S(=O)(=O)c1ccccc1. The normalized spacial score (nSPS) is 12.0. The topological polar surface area (TPSA) is 39.1 Å². The highest BCUT2D eigenvalue weighted by molar-refractivity contribution is 7.90. The standard InChI is InChI=1S/C20H17NO2S/c1-2-15-12-13-20-18(14-15)17-10-6-7-11-19(17)21(20)24(22,23)16-8-4-3-5-9-16/h3-14H,2H2,1H3. The average Bonchev–Trinajstić information content (AvgIpc) is 2.96. The van der Waals surface area contributed by atoms with E-state index in [1.54, 1.807) is 24.3 Å². The first kappa shape index (κ1) is 15.0. The lowest BCUT2D eigenvalue weighted by atomic mass is 10.1. The van der Waals surface area contributed by atoms with Gasteiger partial charge in [0.2, 0.25) is 0 Å². The molecule has 3 aromatic carbocycles. The number of aryl methyl sites for hydroxylation is 1. The molecular formula is C20H17NO2S. The van der Waals surface area contributed by atoms with Crippen LogP contribution in [0.4, 0.5) is 0 Å². The maximum atomic E-state index is 13.2. The van der Waals surface area contributed by atoms with Gasteiger partial charge < -0.3 is 0 Å². The molecule has 0 saturated heterocycles. The maximum absolute atomic E-state index is 13.2. The zero-order chi connectivity index (χ0) is 16.7. The third-order valence-corrected chi connectivity index (χ3v) is 6.12. The Bertz CT molecular complexity index is 1140. The highest BCUT2D eigenvalue weighted by Gasteiger charge is 2.22. The number of nitrogens with zero attached hydrogens (tertiary/aromatic N) is 1. The molecule has 0 spiro atoms. The first-order valence-corrected chi connectivity index (χ1v) is 9.39. The summed E-state index contributed by atoms with van der Waals surface area (Å²) in [4.78, 5) is 0.298. The minimum atomic E-state index is -3.65. The molecule has 0 aliphatic rings. The van der Waals surface area contributed by atoms with E-state index in [4.69, 9.17) is 0 Å². The second-order valence-corrected chi connectivity index (χ2v) is 7.59. The molecule has 0 fully saturated rings. The van der Waals surface area contributed by atoms with E-state index in [1.165, 1.54) is 9.54 Å². The van der Waals surface area contributed by atoms with Crippen molar-refractivity contribution < 1.29 is 8.42 Å². The Kier molecular flexibility index (Phi) is 3.43. The molecule has 3 nitrogen and oxygen atoms in total.